The molecule has 2 aromatic heterocycles. The van der Waals surface area contributed by atoms with Gasteiger partial charge in [0.15, 0.2) is 17.5 Å². The summed E-state index contributed by atoms with van der Waals surface area (Å²) in [6.45, 7) is 2.25. The smallest absolute Gasteiger partial charge is 0.292 e. The van der Waals surface area contributed by atoms with Crippen LogP contribution in [0.25, 0.3) is 0 Å². The van der Waals surface area contributed by atoms with E-state index in [1.807, 2.05) is 54.2 Å². The fraction of sp³-hybridized carbons (Fsp3) is 0.167. The summed E-state index contributed by atoms with van der Waals surface area (Å²) in [7, 11) is 0. The number of nitrogens with zero attached hydrogens (tertiary/aromatic N) is 2. The van der Waals surface area contributed by atoms with Crippen LogP contribution in [-0.4, -0.2) is 10.9 Å². The Balaban J connectivity index is 1.57. The summed E-state index contributed by atoms with van der Waals surface area (Å²) in [4.78, 5) is 17.2. The standard InChI is InChI=1S/C18H17N3OS/c1-14-12-19-18(23-14)20-17(22)13-21-9-7-16(8-10-21)11-15-5-3-2-4-6-15/h2-10,12H,11,13H2,1H3/p+1. The van der Waals surface area contributed by atoms with Crippen molar-refractivity contribution in [1.29, 1.82) is 0 Å². The Kier molecular flexibility index (Phi) is 4.78. The van der Waals surface area contributed by atoms with Crippen molar-refractivity contribution < 1.29 is 9.36 Å². The van der Waals surface area contributed by atoms with Gasteiger partial charge >= 0.3 is 0 Å². The molecule has 1 N–H and O–H groups in total. The molecule has 3 rings (SSSR count). The van der Waals surface area contributed by atoms with Gasteiger partial charge in [0.05, 0.1) is 0 Å². The van der Waals surface area contributed by atoms with Crippen LogP contribution in [0, 0.1) is 6.92 Å². The zero-order valence-corrected chi connectivity index (χ0v) is 13.7. The van der Waals surface area contributed by atoms with E-state index in [9.17, 15) is 4.79 Å². The molecule has 0 saturated carbocycles. The second-order valence-electron chi connectivity index (χ2n) is 5.37. The maximum absolute atomic E-state index is 12.0. The number of hydrogen-bond donors (Lipinski definition) is 1. The average Bonchev–Trinajstić information content (AvgIpc) is 2.95. The summed E-state index contributed by atoms with van der Waals surface area (Å²) in [5.41, 5.74) is 2.51. The predicted molar refractivity (Wildman–Crippen MR) is 91.4 cm³/mol. The summed E-state index contributed by atoms with van der Waals surface area (Å²) in [6.07, 6.45) is 6.52. The Bertz CT molecular complexity index is 782. The molecule has 0 saturated heterocycles. The summed E-state index contributed by atoms with van der Waals surface area (Å²) < 4.78 is 1.87. The van der Waals surface area contributed by atoms with Crippen LogP contribution in [0.3, 0.4) is 0 Å². The van der Waals surface area contributed by atoms with Crippen molar-refractivity contribution in [2.45, 2.75) is 19.9 Å². The Morgan fingerprint density at radius 1 is 1.13 bits per heavy atom. The number of aryl methyl sites for hydroxylation is 1. The summed E-state index contributed by atoms with van der Waals surface area (Å²) >= 11 is 1.48. The van der Waals surface area contributed by atoms with E-state index in [2.05, 4.69) is 22.4 Å². The molecular weight excluding hydrogens is 306 g/mol. The lowest BCUT2D eigenvalue weighted by molar-refractivity contribution is -0.684. The SMILES string of the molecule is Cc1cnc(NC(=O)C[n+]2ccc(Cc3ccccc3)cc2)s1. The number of aromatic nitrogens is 2. The van der Waals surface area contributed by atoms with Crippen LogP contribution >= 0.6 is 11.3 Å². The normalized spacial score (nSPS) is 10.5. The zero-order chi connectivity index (χ0) is 16.1. The topological polar surface area (TPSA) is 45.9 Å². The Morgan fingerprint density at radius 3 is 2.48 bits per heavy atom. The lowest BCUT2D eigenvalue weighted by Crippen LogP contribution is -2.39. The molecule has 4 nitrogen and oxygen atoms in total. The highest BCUT2D eigenvalue weighted by Crippen LogP contribution is 2.16. The number of nitrogens with one attached hydrogen (secondary N) is 1. The van der Waals surface area contributed by atoms with Gasteiger partial charge < -0.3 is 0 Å². The third-order valence-corrected chi connectivity index (χ3v) is 4.23. The average molecular weight is 324 g/mol. The van der Waals surface area contributed by atoms with Crippen molar-refractivity contribution in [3.05, 3.63) is 77.1 Å². The molecule has 0 unspecified atom stereocenters. The number of hydrogen-bond acceptors (Lipinski definition) is 3. The Hall–Kier alpha value is -2.53. The van der Waals surface area contributed by atoms with Gasteiger partial charge in [-0.15, -0.1) is 11.3 Å². The van der Waals surface area contributed by atoms with Crippen molar-refractivity contribution in [2.75, 3.05) is 5.32 Å². The van der Waals surface area contributed by atoms with Gasteiger partial charge in [0.2, 0.25) is 6.54 Å². The number of carbonyl (C=O) groups is 1. The van der Waals surface area contributed by atoms with E-state index in [0.717, 1.165) is 11.3 Å². The minimum absolute atomic E-state index is 0.0693. The van der Waals surface area contributed by atoms with Gasteiger partial charge in [0.25, 0.3) is 5.91 Å². The first kappa shape index (κ1) is 15.4. The predicted octanol–water partition coefficient (Wildman–Crippen LogP) is 2.97. The van der Waals surface area contributed by atoms with Crippen molar-refractivity contribution in [3.63, 3.8) is 0 Å². The first-order valence-corrected chi connectivity index (χ1v) is 8.25. The lowest BCUT2D eigenvalue weighted by atomic mass is 10.1. The number of rotatable bonds is 5. The maximum Gasteiger partial charge on any atom is 0.292 e. The molecule has 0 radical (unpaired) electrons. The van der Waals surface area contributed by atoms with Gasteiger partial charge in [-0.05, 0) is 24.5 Å². The van der Waals surface area contributed by atoms with Crippen molar-refractivity contribution in [2.24, 2.45) is 0 Å². The Morgan fingerprint density at radius 2 is 1.83 bits per heavy atom. The number of thiazole rings is 1. The fourth-order valence-corrected chi connectivity index (χ4v) is 2.96. The number of amides is 1. The Labute approximate surface area is 139 Å². The molecule has 2 heterocycles. The van der Waals surface area contributed by atoms with Gasteiger partial charge in [-0.3, -0.25) is 10.1 Å². The van der Waals surface area contributed by atoms with Crippen LogP contribution in [0.2, 0.25) is 0 Å². The molecule has 0 aliphatic rings. The maximum atomic E-state index is 12.0. The summed E-state index contributed by atoms with van der Waals surface area (Å²) in [5.74, 6) is -0.0693. The monoisotopic (exact) mass is 324 g/mol. The molecule has 0 aliphatic carbocycles. The number of anilines is 1. The van der Waals surface area contributed by atoms with Crippen LogP contribution in [0.15, 0.2) is 61.1 Å². The fourth-order valence-electron chi connectivity index (χ4n) is 2.28. The second-order valence-corrected chi connectivity index (χ2v) is 6.60. The van der Waals surface area contributed by atoms with Crippen LogP contribution in [0.4, 0.5) is 5.13 Å². The molecule has 3 aromatic rings. The third kappa shape index (κ3) is 4.47. The molecule has 23 heavy (non-hydrogen) atoms. The molecule has 0 fully saturated rings. The van der Waals surface area contributed by atoms with Crippen LogP contribution < -0.4 is 9.88 Å². The zero-order valence-electron chi connectivity index (χ0n) is 12.9. The molecule has 0 atom stereocenters. The molecule has 1 aromatic carbocycles. The van der Waals surface area contributed by atoms with E-state index < -0.39 is 0 Å². The van der Waals surface area contributed by atoms with E-state index in [0.29, 0.717) is 5.13 Å². The summed E-state index contributed by atoms with van der Waals surface area (Å²) in [5, 5.41) is 3.46. The van der Waals surface area contributed by atoms with Crippen LogP contribution in [0.1, 0.15) is 16.0 Å². The first-order chi connectivity index (χ1) is 11.2. The quantitative estimate of drug-likeness (QED) is 0.734. The van der Waals surface area contributed by atoms with Gasteiger partial charge in [0.1, 0.15) is 0 Å². The van der Waals surface area contributed by atoms with E-state index in [4.69, 9.17) is 0 Å². The van der Waals surface area contributed by atoms with E-state index >= 15 is 0 Å². The van der Waals surface area contributed by atoms with Crippen molar-refractivity contribution >= 4 is 22.4 Å². The highest BCUT2D eigenvalue weighted by molar-refractivity contribution is 7.15. The second kappa shape index (κ2) is 7.15. The third-order valence-electron chi connectivity index (χ3n) is 3.41. The minimum atomic E-state index is -0.0693. The van der Waals surface area contributed by atoms with E-state index in [1.54, 1.807) is 6.20 Å². The minimum Gasteiger partial charge on any atom is -0.296 e. The largest absolute Gasteiger partial charge is 0.296 e. The molecule has 5 heteroatoms. The van der Waals surface area contributed by atoms with Gasteiger partial charge in [0, 0.05) is 23.2 Å². The van der Waals surface area contributed by atoms with E-state index in [-0.39, 0.29) is 12.5 Å². The first-order valence-electron chi connectivity index (χ1n) is 7.43. The van der Waals surface area contributed by atoms with Crippen molar-refractivity contribution in [1.82, 2.24) is 4.98 Å². The van der Waals surface area contributed by atoms with Gasteiger partial charge in [-0.1, -0.05) is 30.3 Å². The highest BCUT2D eigenvalue weighted by atomic mass is 32.1. The van der Waals surface area contributed by atoms with E-state index in [1.165, 1.54) is 22.5 Å². The molecule has 0 spiro atoms. The lowest BCUT2D eigenvalue weighted by Gasteiger charge is -2.02. The molecule has 116 valence electrons. The number of pyridine rings is 1. The number of carbonyl (C=O) groups excluding carboxylic acids is 1. The molecule has 1 amide bonds. The molecular formula is C18H18N3OS+. The van der Waals surface area contributed by atoms with Crippen molar-refractivity contribution in [3.8, 4) is 0 Å². The molecule has 0 bridgehead atoms. The van der Waals surface area contributed by atoms with Gasteiger partial charge in [-0.2, -0.15) is 4.57 Å². The van der Waals surface area contributed by atoms with Crippen LogP contribution in [0.5, 0.6) is 0 Å². The molecule has 0 aliphatic heterocycles. The van der Waals surface area contributed by atoms with Crippen LogP contribution in [-0.2, 0) is 17.8 Å². The number of benzene rings is 1. The highest BCUT2D eigenvalue weighted by Gasteiger charge is 2.11. The van der Waals surface area contributed by atoms with Gasteiger partial charge in [-0.25, -0.2) is 4.98 Å². The summed E-state index contributed by atoms with van der Waals surface area (Å²) in [6, 6.07) is 14.4.